The lowest BCUT2D eigenvalue weighted by Crippen LogP contribution is -2.04. The lowest BCUT2D eigenvalue weighted by molar-refractivity contribution is -0.131. The highest BCUT2D eigenvalue weighted by Crippen LogP contribution is 2.24. The summed E-state index contributed by atoms with van der Waals surface area (Å²) in [6.45, 7) is 5.64. The highest BCUT2D eigenvalue weighted by Gasteiger charge is 2.07. The quantitative estimate of drug-likeness (QED) is 0.828. The van der Waals surface area contributed by atoms with Crippen molar-refractivity contribution in [2.24, 2.45) is 0 Å². The monoisotopic (exact) mass is 245 g/mol. The van der Waals surface area contributed by atoms with Gasteiger partial charge in [0.15, 0.2) is 0 Å². The van der Waals surface area contributed by atoms with Gasteiger partial charge in [-0.2, -0.15) is 5.26 Å². The summed E-state index contributed by atoms with van der Waals surface area (Å²) >= 11 is 0. The number of aliphatic carboxylic acids is 1. The minimum absolute atomic E-state index is 0.222. The molecule has 1 aromatic rings. The number of nitriles is 1. The molecule has 94 valence electrons. The van der Waals surface area contributed by atoms with Gasteiger partial charge in [0.2, 0.25) is 0 Å². The Kier molecular flexibility index (Phi) is 4.50. The molecule has 1 rings (SSSR count). The van der Waals surface area contributed by atoms with Crippen molar-refractivity contribution in [3.05, 3.63) is 40.5 Å². The van der Waals surface area contributed by atoms with Gasteiger partial charge in [0, 0.05) is 6.08 Å². The molecule has 0 saturated heterocycles. The third-order valence-corrected chi connectivity index (χ3v) is 2.40. The Morgan fingerprint density at radius 3 is 2.44 bits per heavy atom. The molecule has 0 bridgehead atoms. The van der Waals surface area contributed by atoms with Crippen LogP contribution >= 0.6 is 0 Å². The Bertz CT molecular complexity index is 515. The van der Waals surface area contributed by atoms with Crippen LogP contribution in [0.3, 0.4) is 0 Å². The Morgan fingerprint density at radius 2 is 2.00 bits per heavy atom. The van der Waals surface area contributed by atoms with E-state index in [0.29, 0.717) is 16.9 Å². The molecule has 0 unspecified atom stereocenters. The molecule has 0 aliphatic rings. The second kappa shape index (κ2) is 5.87. The van der Waals surface area contributed by atoms with E-state index in [-0.39, 0.29) is 6.61 Å². The van der Waals surface area contributed by atoms with Gasteiger partial charge in [0.25, 0.3) is 0 Å². The number of nitrogens with zero attached hydrogens (tertiary/aromatic N) is 1. The fourth-order valence-corrected chi connectivity index (χ4v) is 1.68. The Balaban J connectivity index is 2.87. The predicted molar refractivity (Wildman–Crippen MR) is 67.5 cm³/mol. The van der Waals surface area contributed by atoms with Gasteiger partial charge < -0.3 is 9.84 Å². The maximum atomic E-state index is 10.5. The van der Waals surface area contributed by atoms with Gasteiger partial charge in [-0.3, -0.25) is 0 Å². The van der Waals surface area contributed by atoms with Crippen LogP contribution in [0.25, 0.3) is 0 Å². The standard InChI is InChI=1S/C14H15NO3/c1-9(4-13(16)17)8-18-14-10(2)5-12(7-15)6-11(14)3/h4-6H,8H2,1-3H3,(H,16,17). The van der Waals surface area contributed by atoms with Crippen LogP contribution in [-0.2, 0) is 4.79 Å². The first kappa shape index (κ1) is 13.8. The Hall–Kier alpha value is -2.28. The minimum atomic E-state index is -0.982. The van der Waals surface area contributed by atoms with Crippen LogP contribution in [0.2, 0.25) is 0 Å². The van der Waals surface area contributed by atoms with E-state index < -0.39 is 5.97 Å². The number of carboxylic acids is 1. The highest BCUT2D eigenvalue weighted by atomic mass is 16.5. The van der Waals surface area contributed by atoms with Crippen molar-refractivity contribution in [3.8, 4) is 11.8 Å². The van der Waals surface area contributed by atoms with Gasteiger partial charge in [0.1, 0.15) is 12.4 Å². The fraction of sp³-hybridized carbons (Fsp3) is 0.286. The van der Waals surface area contributed by atoms with E-state index in [1.807, 2.05) is 13.8 Å². The van der Waals surface area contributed by atoms with E-state index in [2.05, 4.69) is 6.07 Å². The van der Waals surface area contributed by atoms with Gasteiger partial charge in [-0.25, -0.2) is 4.79 Å². The average Bonchev–Trinajstić information content (AvgIpc) is 2.26. The van der Waals surface area contributed by atoms with Gasteiger partial charge >= 0.3 is 5.97 Å². The number of ether oxygens (including phenoxy) is 1. The molecule has 4 heteroatoms. The van der Waals surface area contributed by atoms with E-state index in [0.717, 1.165) is 17.2 Å². The molecule has 0 heterocycles. The number of carboxylic acid groups (broad SMARTS) is 1. The first-order valence-corrected chi connectivity index (χ1v) is 5.48. The summed E-state index contributed by atoms with van der Waals surface area (Å²) in [4.78, 5) is 10.5. The van der Waals surface area contributed by atoms with Crippen molar-refractivity contribution in [2.75, 3.05) is 6.61 Å². The third kappa shape index (κ3) is 3.63. The van der Waals surface area contributed by atoms with Crippen LogP contribution in [0.5, 0.6) is 5.75 Å². The van der Waals surface area contributed by atoms with Crippen molar-refractivity contribution < 1.29 is 14.6 Å². The summed E-state index contributed by atoms with van der Waals surface area (Å²) in [5.74, 6) is -0.281. The molecule has 0 spiro atoms. The molecular weight excluding hydrogens is 230 g/mol. The number of rotatable bonds is 4. The average molecular weight is 245 g/mol. The smallest absolute Gasteiger partial charge is 0.328 e. The molecule has 1 aromatic carbocycles. The molecule has 0 radical (unpaired) electrons. The van der Waals surface area contributed by atoms with Crippen molar-refractivity contribution in [3.63, 3.8) is 0 Å². The maximum absolute atomic E-state index is 10.5. The van der Waals surface area contributed by atoms with Crippen LogP contribution < -0.4 is 4.74 Å². The van der Waals surface area contributed by atoms with Gasteiger partial charge in [0.05, 0.1) is 11.6 Å². The van der Waals surface area contributed by atoms with E-state index >= 15 is 0 Å². The Labute approximate surface area is 106 Å². The molecule has 0 saturated carbocycles. The maximum Gasteiger partial charge on any atom is 0.328 e. The van der Waals surface area contributed by atoms with Crippen molar-refractivity contribution >= 4 is 5.97 Å². The normalized spacial score (nSPS) is 10.9. The van der Waals surface area contributed by atoms with Crippen LogP contribution in [0, 0.1) is 25.2 Å². The fourth-order valence-electron chi connectivity index (χ4n) is 1.68. The molecule has 18 heavy (non-hydrogen) atoms. The third-order valence-electron chi connectivity index (χ3n) is 2.40. The summed E-state index contributed by atoms with van der Waals surface area (Å²) in [6.07, 6.45) is 1.12. The van der Waals surface area contributed by atoms with Crippen molar-refractivity contribution in [1.82, 2.24) is 0 Å². The van der Waals surface area contributed by atoms with Crippen LogP contribution in [-0.4, -0.2) is 17.7 Å². The summed E-state index contributed by atoms with van der Waals surface area (Å²) in [7, 11) is 0. The highest BCUT2D eigenvalue weighted by molar-refractivity contribution is 5.80. The molecule has 4 nitrogen and oxygen atoms in total. The summed E-state index contributed by atoms with van der Waals surface area (Å²) in [6, 6.07) is 5.58. The minimum Gasteiger partial charge on any atom is -0.489 e. The summed E-state index contributed by atoms with van der Waals surface area (Å²) in [5.41, 5.74) is 2.96. The first-order chi connectivity index (χ1) is 8.43. The lowest BCUT2D eigenvalue weighted by atomic mass is 10.1. The van der Waals surface area contributed by atoms with E-state index in [4.69, 9.17) is 15.1 Å². The molecular formula is C14H15NO3. The number of aryl methyl sites for hydroxylation is 2. The zero-order valence-corrected chi connectivity index (χ0v) is 10.7. The van der Waals surface area contributed by atoms with Gasteiger partial charge in [-0.1, -0.05) is 0 Å². The largest absolute Gasteiger partial charge is 0.489 e. The SMILES string of the molecule is CC(=CC(=O)O)COc1c(C)cc(C#N)cc1C. The van der Waals surface area contributed by atoms with Gasteiger partial charge in [-0.05, 0) is 49.6 Å². The van der Waals surface area contributed by atoms with Crippen molar-refractivity contribution in [2.45, 2.75) is 20.8 Å². The number of carbonyl (C=O) groups is 1. The van der Waals surface area contributed by atoms with E-state index in [9.17, 15) is 4.79 Å². The van der Waals surface area contributed by atoms with E-state index in [1.165, 1.54) is 0 Å². The number of hydrogen-bond acceptors (Lipinski definition) is 3. The summed E-state index contributed by atoms with van der Waals surface area (Å²) in [5, 5.41) is 17.4. The van der Waals surface area contributed by atoms with Crippen LogP contribution in [0.15, 0.2) is 23.8 Å². The molecule has 1 N–H and O–H groups in total. The van der Waals surface area contributed by atoms with Crippen LogP contribution in [0.4, 0.5) is 0 Å². The van der Waals surface area contributed by atoms with Crippen molar-refractivity contribution in [1.29, 1.82) is 5.26 Å². The summed E-state index contributed by atoms with van der Waals surface area (Å²) < 4.78 is 5.59. The second-order valence-electron chi connectivity index (χ2n) is 4.17. The zero-order chi connectivity index (χ0) is 13.7. The molecule has 0 aliphatic carbocycles. The zero-order valence-electron chi connectivity index (χ0n) is 10.7. The van der Waals surface area contributed by atoms with E-state index in [1.54, 1.807) is 19.1 Å². The Morgan fingerprint density at radius 1 is 1.44 bits per heavy atom. The predicted octanol–water partition coefficient (Wildman–Crippen LogP) is 2.58. The molecule has 0 aliphatic heterocycles. The van der Waals surface area contributed by atoms with Crippen LogP contribution in [0.1, 0.15) is 23.6 Å². The first-order valence-electron chi connectivity index (χ1n) is 5.48. The van der Waals surface area contributed by atoms with Gasteiger partial charge in [-0.15, -0.1) is 0 Å². The molecule has 0 fully saturated rings. The lowest BCUT2D eigenvalue weighted by Gasteiger charge is -2.12. The molecule has 0 amide bonds. The molecule has 0 atom stereocenters. The second-order valence-corrected chi connectivity index (χ2v) is 4.17. The number of hydrogen-bond donors (Lipinski definition) is 1. The molecule has 0 aromatic heterocycles. The number of benzene rings is 1. The topological polar surface area (TPSA) is 70.3 Å².